The lowest BCUT2D eigenvalue weighted by Gasteiger charge is -2.04. The van der Waals surface area contributed by atoms with Crippen molar-refractivity contribution in [2.75, 3.05) is 11.1 Å². The Hall–Kier alpha value is -3.42. The summed E-state index contributed by atoms with van der Waals surface area (Å²) in [6, 6.07) is 15.9. The van der Waals surface area contributed by atoms with Crippen LogP contribution in [0.25, 0.3) is 0 Å². The van der Waals surface area contributed by atoms with Gasteiger partial charge in [-0.25, -0.2) is 4.68 Å². The van der Waals surface area contributed by atoms with Gasteiger partial charge in [0, 0.05) is 11.8 Å². The minimum Gasteiger partial charge on any atom is -0.368 e. The normalized spacial score (nSPS) is 10.4. The number of hydrogen-bond acceptors (Lipinski definition) is 6. The molecule has 1 heterocycles. The zero-order valence-electron chi connectivity index (χ0n) is 12.1. The highest BCUT2D eigenvalue weighted by atomic mass is 16.6. The number of anilines is 3. The average molecular weight is 310 g/mol. The molecule has 2 aromatic carbocycles. The molecule has 0 amide bonds. The van der Waals surface area contributed by atoms with Gasteiger partial charge in [-0.1, -0.05) is 36.4 Å². The van der Waals surface area contributed by atoms with Crippen LogP contribution < -0.4 is 11.1 Å². The average Bonchev–Trinajstić information content (AvgIpc) is 2.88. The molecule has 0 spiro atoms. The van der Waals surface area contributed by atoms with Crippen molar-refractivity contribution < 1.29 is 4.92 Å². The fourth-order valence-corrected chi connectivity index (χ4v) is 2.16. The molecule has 0 radical (unpaired) electrons. The van der Waals surface area contributed by atoms with Gasteiger partial charge in [0.25, 0.3) is 5.69 Å². The smallest absolute Gasteiger partial charge is 0.274 e. The predicted octanol–water partition coefficient (Wildman–Crippen LogP) is 2.56. The van der Waals surface area contributed by atoms with Gasteiger partial charge in [-0.3, -0.25) is 10.1 Å². The highest BCUT2D eigenvalue weighted by Crippen LogP contribution is 2.20. The molecule has 3 rings (SSSR count). The summed E-state index contributed by atoms with van der Waals surface area (Å²) in [6.07, 6.45) is 0. The lowest BCUT2D eigenvalue weighted by atomic mass is 10.2. The molecule has 8 heteroatoms. The molecule has 1 aromatic heterocycles. The fraction of sp³-hybridized carbons (Fsp3) is 0.0667. The topological polar surface area (TPSA) is 112 Å². The van der Waals surface area contributed by atoms with Crippen molar-refractivity contribution in [1.82, 2.24) is 14.8 Å². The van der Waals surface area contributed by atoms with E-state index in [2.05, 4.69) is 15.4 Å². The molecule has 0 aliphatic heterocycles. The summed E-state index contributed by atoms with van der Waals surface area (Å²) in [5.41, 5.74) is 7.22. The Kier molecular flexibility index (Phi) is 3.88. The minimum atomic E-state index is -0.425. The van der Waals surface area contributed by atoms with E-state index in [-0.39, 0.29) is 18.2 Å². The standard InChI is InChI=1S/C15H14N6O2/c16-14-18-15(17-12-7-2-1-3-8-12)19-20(14)10-11-6-4-5-9-13(11)21(22)23/h1-9H,10H2,(H3,16,17,18,19). The number of hydrogen-bond donors (Lipinski definition) is 2. The largest absolute Gasteiger partial charge is 0.368 e. The summed E-state index contributed by atoms with van der Waals surface area (Å²) < 4.78 is 1.42. The maximum atomic E-state index is 11.1. The van der Waals surface area contributed by atoms with Gasteiger partial charge in [-0.2, -0.15) is 4.98 Å². The molecule has 0 aliphatic carbocycles. The Morgan fingerprint density at radius 1 is 1.13 bits per heavy atom. The second-order valence-corrected chi connectivity index (χ2v) is 4.83. The van der Waals surface area contributed by atoms with Gasteiger partial charge in [0.05, 0.1) is 17.0 Å². The molecule has 3 N–H and O–H groups in total. The number of nitrogens with two attached hydrogens (primary N) is 1. The van der Waals surface area contributed by atoms with Crippen LogP contribution in [0.2, 0.25) is 0 Å². The summed E-state index contributed by atoms with van der Waals surface area (Å²) in [5, 5.41) is 18.3. The fourth-order valence-electron chi connectivity index (χ4n) is 2.16. The van der Waals surface area contributed by atoms with E-state index >= 15 is 0 Å². The van der Waals surface area contributed by atoms with Crippen molar-refractivity contribution in [2.45, 2.75) is 6.54 Å². The second-order valence-electron chi connectivity index (χ2n) is 4.83. The van der Waals surface area contributed by atoms with Gasteiger partial charge >= 0.3 is 0 Å². The highest BCUT2D eigenvalue weighted by molar-refractivity contribution is 5.53. The van der Waals surface area contributed by atoms with Crippen molar-refractivity contribution in [3.8, 4) is 0 Å². The monoisotopic (exact) mass is 310 g/mol. The van der Waals surface area contributed by atoms with Crippen molar-refractivity contribution in [2.24, 2.45) is 0 Å². The first-order valence-corrected chi connectivity index (χ1v) is 6.88. The summed E-state index contributed by atoms with van der Waals surface area (Å²) in [4.78, 5) is 14.8. The number of nitrogens with zero attached hydrogens (tertiary/aromatic N) is 4. The Labute approximate surface area is 131 Å². The third kappa shape index (κ3) is 3.26. The van der Waals surface area contributed by atoms with Crippen LogP contribution in [0.5, 0.6) is 0 Å². The number of rotatable bonds is 5. The Bertz CT molecular complexity index is 831. The van der Waals surface area contributed by atoms with E-state index in [1.165, 1.54) is 10.7 Å². The van der Waals surface area contributed by atoms with Crippen molar-refractivity contribution in [1.29, 1.82) is 0 Å². The Balaban J connectivity index is 1.83. The first kappa shape index (κ1) is 14.5. The summed E-state index contributed by atoms with van der Waals surface area (Å²) in [7, 11) is 0. The molecule has 3 aromatic rings. The van der Waals surface area contributed by atoms with E-state index in [1.807, 2.05) is 30.3 Å². The molecule has 0 unspecified atom stereocenters. The van der Waals surface area contributed by atoms with Crippen LogP contribution >= 0.6 is 0 Å². The van der Waals surface area contributed by atoms with Gasteiger partial charge in [-0.15, -0.1) is 5.10 Å². The van der Waals surface area contributed by atoms with Gasteiger partial charge in [0.15, 0.2) is 0 Å². The van der Waals surface area contributed by atoms with Crippen LogP contribution in [0.15, 0.2) is 54.6 Å². The summed E-state index contributed by atoms with van der Waals surface area (Å²) in [6.45, 7) is 0.173. The van der Waals surface area contributed by atoms with Gasteiger partial charge in [-0.05, 0) is 12.1 Å². The van der Waals surface area contributed by atoms with E-state index in [0.717, 1.165) is 5.69 Å². The number of benzene rings is 2. The molecule has 0 bridgehead atoms. The van der Waals surface area contributed by atoms with Crippen LogP contribution in [0.1, 0.15) is 5.56 Å². The third-order valence-corrected chi connectivity index (χ3v) is 3.24. The zero-order chi connectivity index (χ0) is 16.2. The molecule has 0 saturated carbocycles. The molecule has 0 saturated heterocycles. The number of nitro benzene ring substituents is 1. The first-order chi connectivity index (χ1) is 11.1. The van der Waals surface area contributed by atoms with Crippen LogP contribution in [-0.4, -0.2) is 19.7 Å². The summed E-state index contributed by atoms with van der Waals surface area (Å²) >= 11 is 0. The van der Waals surface area contributed by atoms with Crippen molar-refractivity contribution in [3.05, 3.63) is 70.3 Å². The van der Waals surface area contributed by atoms with Gasteiger partial charge in [0.1, 0.15) is 0 Å². The Morgan fingerprint density at radius 2 is 1.83 bits per heavy atom. The maximum Gasteiger partial charge on any atom is 0.274 e. The van der Waals surface area contributed by atoms with E-state index in [9.17, 15) is 10.1 Å². The molecule has 0 atom stereocenters. The zero-order valence-corrected chi connectivity index (χ0v) is 12.1. The number of aromatic nitrogens is 3. The SMILES string of the molecule is Nc1nc(Nc2ccccc2)nn1Cc1ccccc1[N+](=O)[O-]. The lowest BCUT2D eigenvalue weighted by Crippen LogP contribution is -2.08. The van der Waals surface area contributed by atoms with E-state index < -0.39 is 4.92 Å². The molecular weight excluding hydrogens is 296 g/mol. The minimum absolute atomic E-state index is 0.0277. The van der Waals surface area contributed by atoms with E-state index in [0.29, 0.717) is 11.5 Å². The van der Waals surface area contributed by atoms with Gasteiger partial charge in [0.2, 0.25) is 11.9 Å². The number of nitro groups is 1. The number of nitrogen functional groups attached to an aromatic ring is 1. The quantitative estimate of drug-likeness (QED) is 0.553. The lowest BCUT2D eigenvalue weighted by molar-refractivity contribution is -0.385. The van der Waals surface area contributed by atoms with Crippen molar-refractivity contribution >= 4 is 23.3 Å². The molecular formula is C15H14N6O2. The van der Waals surface area contributed by atoms with Crippen LogP contribution in [0.4, 0.5) is 23.3 Å². The molecule has 0 fully saturated rings. The molecule has 116 valence electrons. The second kappa shape index (κ2) is 6.14. The highest BCUT2D eigenvalue weighted by Gasteiger charge is 2.15. The van der Waals surface area contributed by atoms with Gasteiger partial charge < -0.3 is 11.1 Å². The number of nitrogens with one attached hydrogen (secondary N) is 1. The first-order valence-electron chi connectivity index (χ1n) is 6.88. The van der Waals surface area contributed by atoms with Crippen molar-refractivity contribution in [3.63, 3.8) is 0 Å². The molecule has 0 aliphatic rings. The van der Waals surface area contributed by atoms with E-state index in [4.69, 9.17) is 5.73 Å². The van der Waals surface area contributed by atoms with Crippen LogP contribution in [0, 0.1) is 10.1 Å². The molecule has 23 heavy (non-hydrogen) atoms. The van der Waals surface area contributed by atoms with E-state index in [1.54, 1.807) is 18.2 Å². The third-order valence-electron chi connectivity index (χ3n) is 3.24. The number of para-hydroxylation sites is 2. The predicted molar refractivity (Wildman–Crippen MR) is 86.4 cm³/mol. The molecule has 8 nitrogen and oxygen atoms in total. The Morgan fingerprint density at radius 3 is 2.57 bits per heavy atom. The summed E-state index contributed by atoms with van der Waals surface area (Å²) in [5.74, 6) is 0.522. The maximum absolute atomic E-state index is 11.1. The van der Waals surface area contributed by atoms with Crippen LogP contribution in [-0.2, 0) is 6.54 Å². The van der Waals surface area contributed by atoms with Crippen LogP contribution in [0.3, 0.4) is 0 Å².